The molecule has 10 heteroatoms. The number of methoxy groups -OCH3 is 1. The van der Waals surface area contributed by atoms with Gasteiger partial charge in [-0.1, -0.05) is 11.6 Å². The van der Waals surface area contributed by atoms with Crippen molar-refractivity contribution < 1.29 is 27.4 Å². The van der Waals surface area contributed by atoms with E-state index in [1.54, 1.807) is 31.2 Å². The van der Waals surface area contributed by atoms with E-state index in [-0.39, 0.29) is 29.6 Å². The largest absolute Gasteiger partial charge is 0.497 e. The highest BCUT2D eigenvalue weighted by molar-refractivity contribution is 6.33. The Bertz CT molecular complexity index is 1030. The summed E-state index contributed by atoms with van der Waals surface area (Å²) in [5.41, 5.74) is 0.119. The van der Waals surface area contributed by atoms with Crippen molar-refractivity contribution in [1.82, 2.24) is 9.38 Å². The molecule has 0 aliphatic heterocycles. The highest BCUT2D eigenvalue weighted by Crippen LogP contribution is 2.36. The Balaban J connectivity index is 2.16. The van der Waals surface area contributed by atoms with Gasteiger partial charge in [-0.15, -0.1) is 0 Å². The first-order valence-corrected chi connectivity index (χ1v) is 8.95. The molecule has 0 aliphatic rings. The third-order valence-corrected chi connectivity index (χ3v) is 4.35. The van der Waals surface area contributed by atoms with Crippen molar-refractivity contribution in [2.45, 2.75) is 13.1 Å². The zero-order valence-electron chi connectivity index (χ0n) is 15.5. The maximum atomic E-state index is 13.3. The van der Waals surface area contributed by atoms with Gasteiger partial charge in [-0.25, -0.2) is 4.98 Å². The first kappa shape index (κ1) is 20.8. The Morgan fingerprint density at radius 3 is 2.55 bits per heavy atom. The topological polar surface area (TPSA) is 64.9 Å². The molecule has 0 amide bonds. The number of ether oxygens (including phenoxy) is 2. The van der Waals surface area contributed by atoms with Gasteiger partial charge in [0.25, 0.3) is 0 Å². The van der Waals surface area contributed by atoms with Crippen molar-refractivity contribution in [3.63, 3.8) is 0 Å². The summed E-state index contributed by atoms with van der Waals surface area (Å²) in [5.74, 6) is 0.239. The van der Waals surface area contributed by atoms with Crippen LogP contribution in [0.3, 0.4) is 0 Å². The van der Waals surface area contributed by atoms with Crippen LogP contribution in [0, 0.1) is 0 Å². The number of pyridine rings is 1. The summed E-state index contributed by atoms with van der Waals surface area (Å²) in [6.07, 6.45) is -3.71. The van der Waals surface area contributed by atoms with Crippen LogP contribution < -0.4 is 10.1 Å². The van der Waals surface area contributed by atoms with Gasteiger partial charge < -0.3 is 14.8 Å². The Labute approximate surface area is 169 Å². The van der Waals surface area contributed by atoms with Crippen LogP contribution in [0.15, 0.2) is 36.5 Å². The van der Waals surface area contributed by atoms with E-state index in [1.165, 1.54) is 11.5 Å². The number of hydrogen-bond donors (Lipinski definition) is 1. The highest BCUT2D eigenvalue weighted by atomic mass is 35.5. The van der Waals surface area contributed by atoms with Crippen molar-refractivity contribution in [2.24, 2.45) is 0 Å². The molecule has 3 aromatic rings. The Hall–Kier alpha value is -2.94. The van der Waals surface area contributed by atoms with Crippen molar-refractivity contribution in [3.8, 4) is 17.0 Å². The molecule has 29 heavy (non-hydrogen) atoms. The van der Waals surface area contributed by atoms with Gasteiger partial charge in [0.05, 0.1) is 24.3 Å². The second-order valence-corrected chi connectivity index (χ2v) is 6.37. The monoisotopic (exact) mass is 427 g/mol. The van der Waals surface area contributed by atoms with Crippen LogP contribution in [0.2, 0.25) is 5.02 Å². The number of benzene rings is 1. The summed E-state index contributed by atoms with van der Waals surface area (Å²) in [6, 6.07) is 7.61. The van der Waals surface area contributed by atoms with Crippen LogP contribution in [0.5, 0.6) is 5.75 Å². The van der Waals surface area contributed by atoms with Gasteiger partial charge >= 0.3 is 12.1 Å². The minimum atomic E-state index is -4.60. The molecular weight excluding hydrogens is 411 g/mol. The minimum absolute atomic E-state index is 0.122. The van der Waals surface area contributed by atoms with Gasteiger partial charge in [-0.2, -0.15) is 13.2 Å². The number of carbonyl (C=O) groups excluding carboxylic acids is 1. The van der Waals surface area contributed by atoms with Crippen LogP contribution >= 0.6 is 11.6 Å². The summed E-state index contributed by atoms with van der Waals surface area (Å²) in [5, 5.41) is 2.65. The van der Waals surface area contributed by atoms with Crippen molar-refractivity contribution in [3.05, 3.63) is 47.1 Å². The molecule has 6 nitrogen and oxygen atoms in total. The molecular formula is C19H17ClF3N3O3. The number of halogens is 4. The molecule has 1 N–H and O–H groups in total. The molecule has 2 aromatic heterocycles. The predicted molar refractivity (Wildman–Crippen MR) is 102 cm³/mol. The third-order valence-electron chi connectivity index (χ3n) is 4.07. The Kier molecular flexibility index (Phi) is 5.88. The summed E-state index contributed by atoms with van der Waals surface area (Å²) in [6.45, 7) is 1.59. The SMILES string of the molecule is CCOC(=O)CNc1c(-c2ccc(OC)cc2)nc2c(Cl)cc(C(F)(F)F)cn12. The number of carbonyl (C=O) groups is 1. The van der Waals surface area contributed by atoms with E-state index in [2.05, 4.69) is 10.3 Å². The lowest BCUT2D eigenvalue weighted by Gasteiger charge is -2.11. The van der Waals surface area contributed by atoms with E-state index in [9.17, 15) is 18.0 Å². The molecule has 0 unspecified atom stereocenters. The standard InChI is InChI=1S/C19H17ClF3N3O3/c1-3-29-15(27)9-24-18-16(11-4-6-13(28-2)7-5-11)25-17-14(20)8-12(10-26(17)18)19(21,22)23/h4-8,10,24H,3,9H2,1-2H3. The smallest absolute Gasteiger partial charge is 0.417 e. The summed E-state index contributed by atoms with van der Waals surface area (Å²) < 4.78 is 50.9. The highest BCUT2D eigenvalue weighted by Gasteiger charge is 2.32. The molecule has 0 fully saturated rings. The van der Waals surface area contributed by atoms with Gasteiger partial charge in [-0.3, -0.25) is 9.20 Å². The lowest BCUT2D eigenvalue weighted by molar-refractivity contribution is -0.141. The second kappa shape index (κ2) is 8.20. The molecule has 0 radical (unpaired) electrons. The fourth-order valence-electron chi connectivity index (χ4n) is 2.75. The summed E-state index contributed by atoms with van der Waals surface area (Å²) >= 11 is 6.08. The first-order valence-electron chi connectivity index (χ1n) is 8.57. The lowest BCUT2D eigenvalue weighted by Crippen LogP contribution is -2.18. The molecule has 0 bridgehead atoms. The van der Waals surface area contributed by atoms with Gasteiger partial charge in [0, 0.05) is 11.8 Å². The first-order chi connectivity index (χ1) is 13.7. The zero-order chi connectivity index (χ0) is 21.2. The zero-order valence-corrected chi connectivity index (χ0v) is 16.3. The number of nitrogens with zero attached hydrogens (tertiary/aromatic N) is 2. The quantitative estimate of drug-likeness (QED) is 0.580. The van der Waals surface area contributed by atoms with Crippen LogP contribution in [0.1, 0.15) is 12.5 Å². The molecule has 0 saturated carbocycles. The summed E-state index contributed by atoms with van der Waals surface area (Å²) in [7, 11) is 1.52. The Morgan fingerprint density at radius 2 is 1.97 bits per heavy atom. The van der Waals surface area contributed by atoms with Gasteiger partial charge in [-0.05, 0) is 37.3 Å². The number of alkyl halides is 3. The van der Waals surface area contributed by atoms with E-state index in [4.69, 9.17) is 21.1 Å². The lowest BCUT2D eigenvalue weighted by atomic mass is 10.1. The maximum absolute atomic E-state index is 13.3. The average Bonchev–Trinajstić information content (AvgIpc) is 3.05. The van der Waals surface area contributed by atoms with E-state index in [0.717, 1.165) is 12.3 Å². The fourth-order valence-corrected chi connectivity index (χ4v) is 3.00. The molecule has 0 aliphatic carbocycles. The predicted octanol–water partition coefficient (Wildman–Crippen LogP) is 4.66. The van der Waals surface area contributed by atoms with E-state index < -0.39 is 17.7 Å². The van der Waals surface area contributed by atoms with Crippen molar-refractivity contribution in [2.75, 3.05) is 25.6 Å². The minimum Gasteiger partial charge on any atom is -0.497 e. The number of fused-ring (bicyclic) bond motifs is 1. The van der Waals surface area contributed by atoms with Gasteiger partial charge in [0.1, 0.15) is 23.8 Å². The van der Waals surface area contributed by atoms with Crippen LogP contribution in [0.4, 0.5) is 19.0 Å². The van der Waals surface area contributed by atoms with E-state index >= 15 is 0 Å². The van der Waals surface area contributed by atoms with Crippen LogP contribution in [-0.2, 0) is 15.7 Å². The second-order valence-electron chi connectivity index (χ2n) is 5.96. The molecule has 1 aromatic carbocycles. The van der Waals surface area contributed by atoms with Crippen molar-refractivity contribution >= 4 is 29.0 Å². The maximum Gasteiger partial charge on any atom is 0.417 e. The van der Waals surface area contributed by atoms with Gasteiger partial charge in [0.15, 0.2) is 5.65 Å². The number of hydrogen-bond acceptors (Lipinski definition) is 5. The molecule has 0 atom stereocenters. The summed E-state index contributed by atoms with van der Waals surface area (Å²) in [4.78, 5) is 16.2. The number of anilines is 1. The number of nitrogens with one attached hydrogen (secondary N) is 1. The van der Waals surface area contributed by atoms with Crippen molar-refractivity contribution in [1.29, 1.82) is 0 Å². The van der Waals surface area contributed by atoms with E-state index in [1.807, 2.05) is 0 Å². The molecule has 154 valence electrons. The molecule has 0 saturated heterocycles. The average molecular weight is 428 g/mol. The van der Waals surface area contributed by atoms with Crippen LogP contribution in [-0.4, -0.2) is 35.6 Å². The number of esters is 1. The molecule has 0 spiro atoms. The van der Waals surface area contributed by atoms with Gasteiger partial charge in [0.2, 0.25) is 0 Å². The van der Waals surface area contributed by atoms with Crippen LogP contribution in [0.25, 0.3) is 16.9 Å². The number of rotatable bonds is 6. The normalized spacial score (nSPS) is 11.5. The number of aromatic nitrogens is 2. The third kappa shape index (κ3) is 4.40. The number of imidazole rings is 1. The molecule has 3 rings (SSSR count). The van der Waals surface area contributed by atoms with E-state index in [0.29, 0.717) is 17.0 Å². The fraction of sp³-hybridized carbons (Fsp3) is 0.263. The Morgan fingerprint density at radius 1 is 1.28 bits per heavy atom. The molecule has 2 heterocycles.